The molecule has 1 aliphatic carbocycles. The van der Waals surface area contributed by atoms with Crippen molar-refractivity contribution in [3.05, 3.63) is 59.3 Å². The van der Waals surface area contributed by atoms with E-state index in [-0.39, 0.29) is 13.2 Å². The first-order valence-corrected chi connectivity index (χ1v) is 11.4. The van der Waals surface area contributed by atoms with Crippen LogP contribution in [0.15, 0.2) is 63.1 Å². The van der Waals surface area contributed by atoms with Gasteiger partial charge in [-0.05, 0) is 49.4 Å². The molecule has 8 nitrogen and oxygen atoms in total. The van der Waals surface area contributed by atoms with Gasteiger partial charge in [-0.25, -0.2) is 4.98 Å². The van der Waals surface area contributed by atoms with Gasteiger partial charge in [0, 0.05) is 24.4 Å². The minimum atomic E-state index is -4.37. The minimum absolute atomic E-state index is 0.0444. The fourth-order valence-electron chi connectivity index (χ4n) is 3.64. The van der Waals surface area contributed by atoms with Gasteiger partial charge in [-0.15, -0.1) is 5.11 Å². The van der Waals surface area contributed by atoms with E-state index in [9.17, 15) is 13.2 Å². The molecule has 0 saturated heterocycles. The average Bonchev–Trinajstić information content (AvgIpc) is 2.86. The first kappa shape index (κ1) is 26.1. The standard InChI is InChI=1S/C24H29F3N6O2/c1-17(32-35-15-19-7-10-21(11-8-19)24(25,26)27)20-9-12-23(30-14-20)34-16-22(31-33-28)29-13-18-5-3-2-4-6-18/h7-12,14,18H,2-6,13,15-16H2,1H3,(H2,28,29,31). The van der Waals surface area contributed by atoms with Crippen LogP contribution in [0.5, 0.6) is 5.88 Å². The van der Waals surface area contributed by atoms with Crippen molar-refractivity contribution >= 4 is 11.5 Å². The van der Waals surface area contributed by atoms with Crippen LogP contribution in [0.25, 0.3) is 0 Å². The highest BCUT2D eigenvalue weighted by molar-refractivity contribution is 5.98. The zero-order valence-corrected chi connectivity index (χ0v) is 19.5. The lowest BCUT2D eigenvalue weighted by Gasteiger charge is -2.19. The predicted molar refractivity (Wildman–Crippen MR) is 126 cm³/mol. The van der Waals surface area contributed by atoms with Gasteiger partial charge < -0.3 is 15.4 Å². The highest BCUT2D eigenvalue weighted by atomic mass is 19.4. The van der Waals surface area contributed by atoms with E-state index in [0.29, 0.717) is 41.0 Å². The molecule has 1 fully saturated rings. The summed E-state index contributed by atoms with van der Waals surface area (Å²) in [6.07, 6.45) is 3.33. The first-order valence-electron chi connectivity index (χ1n) is 11.4. The summed E-state index contributed by atoms with van der Waals surface area (Å²) in [5, 5.41) is 11.2. The minimum Gasteiger partial charge on any atom is -0.469 e. The van der Waals surface area contributed by atoms with Crippen molar-refractivity contribution in [3.63, 3.8) is 0 Å². The monoisotopic (exact) mass is 490 g/mol. The quantitative estimate of drug-likeness (QED) is 0.159. The van der Waals surface area contributed by atoms with E-state index >= 15 is 0 Å². The zero-order chi connectivity index (χ0) is 25.1. The van der Waals surface area contributed by atoms with E-state index in [2.05, 4.69) is 25.5 Å². The molecule has 3 rings (SSSR count). The molecule has 1 aromatic carbocycles. The van der Waals surface area contributed by atoms with E-state index in [4.69, 9.17) is 15.4 Å². The maximum Gasteiger partial charge on any atom is 0.416 e. The number of alkyl halides is 3. The van der Waals surface area contributed by atoms with Crippen molar-refractivity contribution in [1.82, 2.24) is 4.98 Å². The van der Waals surface area contributed by atoms with Gasteiger partial charge in [0.05, 0.1) is 11.3 Å². The Morgan fingerprint density at radius 3 is 2.46 bits per heavy atom. The summed E-state index contributed by atoms with van der Waals surface area (Å²) in [5.74, 6) is 6.55. The first-order chi connectivity index (χ1) is 16.8. The van der Waals surface area contributed by atoms with Crippen molar-refractivity contribution < 1.29 is 22.7 Å². The van der Waals surface area contributed by atoms with Crippen LogP contribution in [0, 0.1) is 5.92 Å². The molecule has 2 N–H and O–H groups in total. The topological polar surface area (TPSA) is 107 Å². The van der Waals surface area contributed by atoms with Crippen LogP contribution in [0.3, 0.4) is 0 Å². The van der Waals surface area contributed by atoms with Gasteiger partial charge in [0.15, 0.2) is 12.4 Å². The Bertz CT molecular complexity index is 1020. The van der Waals surface area contributed by atoms with E-state index in [0.717, 1.165) is 12.1 Å². The molecular formula is C24H29F3N6O2. The maximum atomic E-state index is 12.6. The summed E-state index contributed by atoms with van der Waals surface area (Å²) in [7, 11) is 0. The predicted octanol–water partition coefficient (Wildman–Crippen LogP) is 5.72. The normalized spacial score (nSPS) is 16.0. The molecule has 0 radical (unpaired) electrons. The van der Waals surface area contributed by atoms with Crippen molar-refractivity contribution in [3.8, 4) is 5.88 Å². The van der Waals surface area contributed by atoms with Crippen LogP contribution in [0.2, 0.25) is 0 Å². The molecular weight excluding hydrogens is 461 g/mol. The molecule has 0 atom stereocenters. The molecule has 0 bridgehead atoms. The molecule has 11 heteroatoms. The lowest BCUT2D eigenvalue weighted by Crippen LogP contribution is -2.15. The summed E-state index contributed by atoms with van der Waals surface area (Å²) in [5.41, 5.74) is 1.13. The fourth-order valence-corrected chi connectivity index (χ4v) is 3.64. The van der Waals surface area contributed by atoms with Gasteiger partial charge in [0.25, 0.3) is 0 Å². The Balaban J connectivity index is 1.49. The number of hydrogen-bond acceptors (Lipinski definition) is 6. The van der Waals surface area contributed by atoms with Gasteiger partial charge in [-0.1, -0.05) is 41.8 Å². The highest BCUT2D eigenvalue weighted by Gasteiger charge is 2.29. The Hall–Kier alpha value is -3.50. The molecule has 1 aliphatic rings. The molecule has 188 valence electrons. The van der Waals surface area contributed by atoms with Crippen LogP contribution in [-0.2, 0) is 17.6 Å². The Labute approximate surface area is 202 Å². The molecule has 1 heterocycles. The number of aliphatic imine (C=N–C) groups is 1. The lowest BCUT2D eigenvalue weighted by atomic mass is 9.89. The Morgan fingerprint density at radius 1 is 1.09 bits per heavy atom. The van der Waals surface area contributed by atoms with Crippen LogP contribution < -0.4 is 10.6 Å². The second kappa shape index (κ2) is 12.8. The number of ether oxygens (including phenoxy) is 1. The van der Waals surface area contributed by atoms with Crippen LogP contribution in [-0.4, -0.2) is 29.7 Å². The van der Waals surface area contributed by atoms with Crippen molar-refractivity contribution in [1.29, 1.82) is 0 Å². The van der Waals surface area contributed by atoms with Gasteiger partial charge >= 0.3 is 6.18 Å². The van der Waals surface area contributed by atoms with Gasteiger partial charge in [0.2, 0.25) is 5.88 Å². The summed E-state index contributed by atoms with van der Waals surface area (Å²) < 4.78 is 43.6. The number of pyridine rings is 1. The largest absolute Gasteiger partial charge is 0.469 e. The summed E-state index contributed by atoms with van der Waals surface area (Å²) >= 11 is 0. The van der Waals surface area contributed by atoms with Crippen molar-refractivity contribution in [2.75, 3.05) is 13.2 Å². The summed E-state index contributed by atoms with van der Waals surface area (Å²) in [6, 6.07) is 8.20. The molecule has 0 aliphatic heterocycles. The number of aromatic nitrogens is 1. The lowest BCUT2D eigenvalue weighted by molar-refractivity contribution is -0.137. The molecule has 0 unspecified atom stereocenters. The number of rotatable bonds is 9. The second-order valence-corrected chi connectivity index (χ2v) is 8.30. The van der Waals surface area contributed by atoms with Gasteiger partial charge in [0.1, 0.15) is 6.61 Å². The van der Waals surface area contributed by atoms with Crippen molar-refractivity contribution in [2.24, 2.45) is 32.2 Å². The van der Waals surface area contributed by atoms with Gasteiger partial charge in [-0.2, -0.15) is 13.2 Å². The number of nitrogens with two attached hydrogens (primary N) is 1. The molecule has 2 aromatic rings. The van der Waals surface area contributed by atoms with Crippen LogP contribution in [0.4, 0.5) is 13.2 Å². The zero-order valence-electron chi connectivity index (χ0n) is 19.5. The summed E-state index contributed by atoms with van der Waals surface area (Å²) in [4.78, 5) is 14.0. The van der Waals surface area contributed by atoms with Crippen molar-refractivity contribution in [2.45, 2.75) is 51.8 Å². The van der Waals surface area contributed by atoms with Crippen LogP contribution >= 0.6 is 0 Å². The maximum absolute atomic E-state index is 12.6. The SMILES string of the molecule is CC(=NOCc1ccc(C(F)(F)F)cc1)c1ccc(OCC(N=NN)=NCC2CCCCC2)nc1. The third-order valence-electron chi connectivity index (χ3n) is 5.65. The molecule has 1 aromatic heterocycles. The van der Waals surface area contributed by atoms with Crippen LogP contribution in [0.1, 0.15) is 55.7 Å². The van der Waals surface area contributed by atoms with E-state index in [1.54, 1.807) is 25.3 Å². The number of amidine groups is 1. The average molecular weight is 491 g/mol. The number of hydrogen-bond donors (Lipinski definition) is 1. The molecule has 0 amide bonds. The Morgan fingerprint density at radius 2 is 1.83 bits per heavy atom. The smallest absolute Gasteiger partial charge is 0.416 e. The number of oxime groups is 1. The van der Waals surface area contributed by atoms with Gasteiger partial charge in [-0.3, -0.25) is 4.99 Å². The molecule has 1 saturated carbocycles. The molecule has 35 heavy (non-hydrogen) atoms. The fraction of sp³-hybridized carbons (Fsp3) is 0.458. The third kappa shape index (κ3) is 8.66. The van der Waals surface area contributed by atoms with E-state index < -0.39 is 11.7 Å². The van der Waals surface area contributed by atoms with E-state index in [1.165, 1.54) is 44.2 Å². The number of halogens is 3. The number of nitrogens with zero attached hydrogens (tertiary/aromatic N) is 5. The Kier molecular flexibility index (Phi) is 9.56. The van der Waals surface area contributed by atoms with E-state index in [1.807, 2.05) is 0 Å². The molecule has 0 spiro atoms. The highest BCUT2D eigenvalue weighted by Crippen LogP contribution is 2.29. The second-order valence-electron chi connectivity index (χ2n) is 8.30. The number of benzene rings is 1. The summed E-state index contributed by atoms with van der Waals surface area (Å²) in [6.45, 7) is 2.57. The third-order valence-corrected chi connectivity index (χ3v) is 5.65.